The van der Waals surface area contributed by atoms with E-state index in [1.165, 1.54) is 25.3 Å². The van der Waals surface area contributed by atoms with Crippen LogP contribution in [0.4, 0.5) is 5.69 Å². The second-order valence-corrected chi connectivity index (χ2v) is 7.68. The lowest BCUT2D eigenvalue weighted by Crippen LogP contribution is -2.53. The fourth-order valence-electron chi connectivity index (χ4n) is 4.03. The van der Waals surface area contributed by atoms with Crippen LogP contribution >= 0.6 is 24.0 Å². The number of likely N-dealkylation sites (N-methyl/N-ethyl adjacent to an activating group) is 1. The third kappa shape index (κ3) is 6.49. The molecule has 2 unspecified atom stereocenters. The number of halogens is 1. The van der Waals surface area contributed by atoms with Crippen LogP contribution in [0.2, 0.25) is 0 Å². The van der Waals surface area contributed by atoms with Crippen molar-refractivity contribution in [3.8, 4) is 0 Å². The number of para-hydroxylation sites is 1. The molecule has 0 saturated carbocycles. The van der Waals surface area contributed by atoms with Gasteiger partial charge in [-0.3, -0.25) is 9.89 Å². The molecule has 0 spiro atoms. The van der Waals surface area contributed by atoms with Gasteiger partial charge < -0.3 is 20.4 Å². The number of aliphatic imine (C=N–C) groups is 1. The van der Waals surface area contributed by atoms with Gasteiger partial charge in [0.15, 0.2) is 5.96 Å². The molecular formula is C21H37IN6. The zero-order chi connectivity index (χ0) is 19.1. The van der Waals surface area contributed by atoms with Crippen LogP contribution in [-0.4, -0.2) is 87.2 Å². The van der Waals surface area contributed by atoms with Crippen molar-refractivity contribution >= 4 is 35.6 Å². The van der Waals surface area contributed by atoms with Crippen molar-refractivity contribution in [3.05, 3.63) is 30.3 Å². The first-order valence-corrected chi connectivity index (χ1v) is 10.4. The van der Waals surface area contributed by atoms with Crippen molar-refractivity contribution in [1.82, 2.24) is 20.4 Å². The Morgan fingerprint density at radius 3 is 2.50 bits per heavy atom. The highest BCUT2D eigenvalue weighted by molar-refractivity contribution is 14.0. The van der Waals surface area contributed by atoms with Crippen molar-refractivity contribution in [1.29, 1.82) is 0 Å². The lowest BCUT2D eigenvalue weighted by molar-refractivity contribution is 0.107. The minimum absolute atomic E-state index is 0. The molecule has 3 rings (SSSR count). The van der Waals surface area contributed by atoms with Gasteiger partial charge in [0.2, 0.25) is 0 Å². The predicted octanol–water partition coefficient (Wildman–Crippen LogP) is 2.07. The van der Waals surface area contributed by atoms with Crippen LogP contribution in [0, 0.1) is 0 Å². The largest absolute Gasteiger partial charge is 0.369 e. The Bertz CT molecular complexity index is 588. The molecule has 0 radical (unpaired) electrons. The number of anilines is 1. The molecule has 1 aromatic rings. The Morgan fingerprint density at radius 1 is 1.14 bits per heavy atom. The summed E-state index contributed by atoms with van der Waals surface area (Å²) in [5.41, 5.74) is 1.31. The van der Waals surface area contributed by atoms with E-state index in [-0.39, 0.29) is 24.0 Å². The summed E-state index contributed by atoms with van der Waals surface area (Å²) in [5.74, 6) is 0.925. The van der Waals surface area contributed by atoms with Gasteiger partial charge in [0.1, 0.15) is 0 Å². The number of guanidine groups is 1. The average Bonchev–Trinajstić information content (AvgIpc) is 3.20. The van der Waals surface area contributed by atoms with Gasteiger partial charge in [-0.2, -0.15) is 0 Å². The van der Waals surface area contributed by atoms with Gasteiger partial charge in [-0.25, -0.2) is 0 Å². The molecule has 2 fully saturated rings. The Morgan fingerprint density at radius 2 is 1.86 bits per heavy atom. The first-order chi connectivity index (χ1) is 13.2. The van der Waals surface area contributed by atoms with Crippen LogP contribution in [0.5, 0.6) is 0 Å². The van der Waals surface area contributed by atoms with Gasteiger partial charge in [0.05, 0.1) is 0 Å². The molecule has 0 amide bonds. The summed E-state index contributed by atoms with van der Waals surface area (Å²) in [4.78, 5) is 12.0. The number of piperazine rings is 1. The number of nitrogens with zero attached hydrogens (tertiary/aromatic N) is 4. The number of nitrogens with one attached hydrogen (secondary N) is 2. The van der Waals surface area contributed by atoms with Crippen LogP contribution in [0.1, 0.15) is 20.3 Å². The monoisotopic (exact) mass is 500 g/mol. The number of benzene rings is 1. The zero-order valence-electron chi connectivity index (χ0n) is 17.6. The lowest BCUT2D eigenvalue weighted by atomic mass is 10.2. The standard InChI is InChI=1S/C21H36N6.HI/c1-4-25-12-14-26(15-13-25)18(2)16-23-21(22-3)24-19-10-11-27(17-19)20-8-6-5-7-9-20;/h5-9,18-19H,4,10-17H2,1-3H3,(H2,22,23,24);1H. The minimum Gasteiger partial charge on any atom is -0.369 e. The summed E-state index contributed by atoms with van der Waals surface area (Å²) in [6.07, 6.45) is 1.14. The minimum atomic E-state index is 0. The Labute approximate surface area is 187 Å². The third-order valence-electron chi connectivity index (χ3n) is 5.92. The Balaban J connectivity index is 0.00000280. The average molecular weight is 500 g/mol. The maximum atomic E-state index is 4.44. The molecule has 2 atom stereocenters. The maximum Gasteiger partial charge on any atom is 0.191 e. The van der Waals surface area contributed by atoms with E-state index in [2.05, 4.69) is 74.5 Å². The Hall–Kier alpha value is -1.06. The highest BCUT2D eigenvalue weighted by Gasteiger charge is 2.24. The fourth-order valence-corrected chi connectivity index (χ4v) is 4.03. The van der Waals surface area contributed by atoms with E-state index >= 15 is 0 Å². The van der Waals surface area contributed by atoms with Crippen LogP contribution < -0.4 is 15.5 Å². The van der Waals surface area contributed by atoms with E-state index in [1.807, 2.05) is 7.05 Å². The van der Waals surface area contributed by atoms with E-state index < -0.39 is 0 Å². The van der Waals surface area contributed by atoms with Gasteiger partial charge in [-0.15, -0.1) is 24.0 Å². The summed E-state index contributed by atoms with van der Waals surface area (Å²) in [6.45, 7) is 13.5. The first-order valence-electron chi connectivity index (χ1n) is 10.4. The second kappa shape index (κ2) is 11.8. The highest BCUT2D eigenvalue weighted by Crippen LogP contribution is 2.19. The molecule has 7 heteroatoms. The second-order valence-electron chi connectivity index (χ2n) is 7.68. The third-order valence-corrected chi connectivity index (χ3v) is 5.92. The molecule has 2 heterocycles. The topological polar surface area (TPSA) is 46.1 Å². The maximum absolute atomic E-state index is 4.44. The van der Waals surface area contributed by atoms with E-state index in [0.717, 1.165) is 45.1 Å². The van der Waals surface area contributed by atoms with Crippen molar-refractivity contribution in [3.63, 3.8) is 0 Å². The molecule has 6 nitrogen and oxygen atoms in total. The molecule has 2 aliphatic heterocycles. The van der Waals surface area contributed by atoms with Crippen LogP contribution in [0.3, 0.4) is 0 Å². The number of hydrogen-bond donors (Lipinski definition) is 2. The SMILES string of the molecule is CCN1CCN(C(C)CNC(=NC)NC2CCN(c3ccccc3)C2)CC1.I. The van der Waals surface area contributed by atoms with Crippen LogP contribution in [-0.2, 0) is 0 Å². The molecule has 0 bridgehead atoms. The molecular weight excluding hydrogens is 463 g/mol. The van der Waals surface area contributed by atoms with Crippen molar-refractivity contribution in [2.75, 3.05) is 64.3 Å². The highest BCUT2D eigenvalue weighted by atomic mass is 127. The van der Waals surface area contributed by atoms with Crippen LogP contribution in [0.25, 0.3) is 0 Å². The van der Waals surface area contributed by atoms with Gasteiger partial charge in [-0.1, -0.05) is 25.1 Å². The van der Waals surface area contributed by atoms with E-state index in [0.29, 0.717) is 12.1 Å². The lowest BCUT2D eigenvalue weighted by Gasteiger charge is -2.37. The van der Waals surface area contributed by atoms with Gasteiger partial charge in [-0.05, 0) is 32.0 Å². The molecule has 158 valence electrons. The summed E-state index contributed by atoms with van der Waals surface area (Å²) < 4.78 is 0. The van der Waals surface area contributed by atoms with Crippen molar-refractivity contribution < 1.29 is 0 Å². The summed E-state index contributed by atoms with van der Waals surface area (Å²) >= 11 is 0. The first kappa shape index (κ1) is 23.2. The summed E-state index contributed by atoms with van der Waals surface area (Å²) in [6, 6.07) is 11.6. The smallest absolute Gasteiger partial charge is 0.191 e. The molecule has 2 aliphatic rings. The van der Waals surface area contributed by atoms with Gasteiger partial charge in [0.25, 0.3) is 0 Å². The summed E-state index contributed by atoms with van der Waals surface area (Å²) in [5, 5.41) is 7.15. The van der Waals surface area contributed by atoms with E-state index in [9.17, 15) is 0 Å². The predicted molar refractivity (Wildman–Crippen MR) is 130 cm³/mol. The number of rotatable bonds is 6. The molecule has 1 aromatic carbocycles. The molecule has 28 heavy (non-hydrogen) atoms. The molecule has 2 saturated heterocycles. The summed E-state index contributed by atoms with van der Waals surface area (Å²) in [7, 11) is 1.87. The van der Waals surface area contributed by atoms with Crippen molar-refractivity contribution in [2.45, 2.75) is 32.4 Å². The van der Waals surface area contributed by atoms with Crippen LogP contribution in [0.15, 0.2) is 35.3 Å². The number of hydrogen-bond acceptors (Lipinski definition) is 4. The Kier molecular flexibility index (Phi) is 9.81. The molecule has 2 N–H and O–H groups in total. The van der Waals surface area contributed by atoms with E-state index in [1.54, 1.807) is 0 Å². The molecule has 0 aliphatic carbocycles. The quantitative estimate of drug-likeness (QED) is 0.356. The van der Waals surface area contributed by atoms with Gasteiger partial charge in [0, 0.05) is 70.6 Å². The van der Waals surface area contributed by atoms with E-state index in [4.69, 9.17) is 0 Å². The van der Waals surface area contributed by atoms with Gasteiger partial charge >= 0.3 is 0 Å². The van der Waals surface area contributed by atoms with Crippen molar-refractivity contribution in [2.24, 2.45) is 4.99 Å². The normalized spacial score (nSPS) is 22.6. The molecule has 0 aromatic heterocycles. The zero-order valence-corrected chi connectivity index (χ0v) is 19.9. The fraction of sp³-hybridized carbons (Fsp3) is 0.667.